The number of quaternary nitrogens is 2. The van der Waals surface area contributed by atoms with Crippen LogP contribution in [0.5, 0.6) is 0 Å². The Morgan fingerprint density at radius 2 is 0.724 bits per heavy atom. The van der Waals surface area contributed by atoms with Crippen LogP contribution in [0.1, 0.15) is 22.3 Å². The fraction of sp³-hybridized carbons (Fsp3) is 0.333. The molecule has 0 bridgehead atoms. The van der Waals surface area contributed by atoms with Crippen LogP contribution in [0, 0.1) is 20.5 Å². The van der Waals surface area contributed by atoms with Crippen LogP contribution in [-0.4, -0.2) is 104 Å². The van der Waals surface area contributed by atoms with Crippen LogP contribution in [0.25, 0.3) is 0 Å². The number of piperazine rings is 2. The number of nitrogens with zero attached hydrogens (tertiary/aromatic N) is 6. The Labute approximate surface area is 339 Å². The average Bonchev–Trinajstić information content (AvgIpc) is 3.17. The monoisotopic (exact) mass is 852 g/mol. The molecule has 0 atom stereocenters. The van der Waals surface area contributed by atoms with E-state index < -0.39 is 32.4 Å². The summed E-state index contributed by atoms with van der Waals surface area (Å²) in [6.45, 7) is 13.9. The molecule has 0 aliphatic carbocycles. The van der Waals surface area contributed by atoms with Crippen molar-refractivity contribution in [3.05, 3.63) is 133 Å². The van der Waals surface area contributed by atoms with E-state index in [1.54, 1.807) is 9.80 Å². The van der Waals surface area contributed by atoms with E-state index in [0.717, 1.165) is 26.2 Å². The molecule has 0 amide bonds. The molecule has 2 aliphatic heterocycles. The van der Waals surface area contributed by atoms with Gasteiger partial charge in [-0.1, -0.05) is 0 Å². The second-order valence-electron chi connectivity index (χ2n) is 12.6. The van der Waals surface area contributed by atoms with E-state index in [4.69, 9.17) is 47.5 Å². The van der Waals surface area contributed by atoms with Crippen molar-refractivity contribution < 1.29 is 87.4 Å². The van der Waals surface area contributed by atoms with E-state index in [1.807, 2.05) is 49.6 Å². The molecule has 20 nitrogen and oxygen atoms in total. The summed E-state index contributed by atoms with van der Waals surface area (Å²) in [5.41, 5.74) is 5.49. The van der Waals surface area contributed by atoms with E-state index in [-0.39, 0.29) is 0 Å². The molecular weight excluding hydrogens is 807 g/mol. The third kappa shape index (κ3) is 27.9. The summed E-state index contributed by atoms with van der Waals surface area (Å²) in [5.74, 6) is -2.51. The quantitative estimate of drug-likeness (QED) is 0.108. The van der Waals surface area contributed by atoms with E-state index in [9.17, 15) is 9.59 Å². The molecule has 4 aromatic rings. The molecule has 58 heavy (non-hydrogen) atoms. The number of carbonyl (C=O) groups is 2. The van der Waals surface area contributed by atoms with Gasteiger partial charge in [-0.3, -0.25) is 29.7 Å². The number of aliphatic carboxylic acids is 2. The van der Waals surface area contributed by atoms with Crippen LogP contribution in [0.4, 0.5) is 0 Å². The first-order valence-electron chi connectivity index (χ1n) is 17.5. The predicted octanol–water partition coefficient (Wildman–Crippen LogP) is -9.05. The number of nitrogens with one attached hydrogen (secondary N) is 2. The van der Waals surface area contributed by atoms with E-state index in [0.29, 0.717) is 12.2 Å². The number of hydrogen-bond donors (Lipinski definition) is 4. The van der Waals surface area contributed by atoms with Crippen LogP contribution < -0.4 is 47.1 Å². The van der Waals surface area contributed by atoms with Gasteiger partial charge in [0.25, 0.3) is 0 Å². The zero-order valence-corrected chi connectivity index (χ0v) is 32.8. The Morgan fingerprint density at radius 1 is 0.500 bits per heavy atom. The Hall–Kier alpha value is -4.62. The molecule has 4 aromatic heterocycles. The molecule has 0 unspecified atom stereocenters. The molecule has 6 rings (SSSR count). The van der Waals surface area contributed by atoms with Gasteiger partial charge in [-0.15, -0.1) is 20.5 Å². The second kappa shape index (κ2) is 27.1. The minimum Gasteiger partial charge on any atom is -0.478 e. The van der Waals surface area contributed by atoms with Gasteiger partial charge in [0.05, 0.1) is 26.2 Å². The largest absolute Gasteiger partial charge is 0.478 e. The fourth-order valence-electron chi connectivity index (χ4n) is 5.62. The van der Waals surface area contributed by atoms with Gasteiger partial charge in [0, 0.05) is 112 Å². The summed E-state index contributed by atoms with van der Waals surface area (Å²) in [4.78, 5) is 43.8. The van der Waals surface area contributed by atoms with Gasteiger partial charge in [0.15, 0.2) is 0 Å². The van der Waals surface area contributed by atoms with E-state index in [1.165, 1.54) is 74.6 Å². The number of halogens is 2. The van der Waals surface area contributed by atoms with Crippen molar-refractivity contribution in [2.24, 2.45) is 0 Å². The van der Waals surface area contributed by atoms with Gasteiger partial charge >= 0.3 is 11.9 Å². The van der Waals surface area contributed by atoms with Crippen molar-refractivity contribution in [3.8, 4) is 0 Å². The zero-order chi connectivity index (χ0) is 42.8. The molecular formula is C36H46Cl2N8O12. The molecule has 2 saturated heterocycles. The van der Waals surface area contributed by atoms with Crippen molar-refractivity contribution in [2.45, 2.75) is 26.2 Å². The highest BCUT2D eigenvalue weighted by Gasteiger charge is 2.21. The summed E-state index contributed by atoms with van der Waals surface area (Å²) in [6.07, 6.45) is 16.2. The summed E-state index contributed by atoms with van der Waals surface area (Å²) in [7, 11) is -9.89. The standard InChI is InChI=1S/2C16H20N4.C4H4O4.2ClHO4/c2*1-5-17-6-2-15(1)13-19-9-11-20(12-10-19)14-16-3-7-18-8-4-16;5-3(6)1-2-4(7)8;2*2-1(3,4)5/h2*1-8H,9-14H2;1-2H,(H,5,6)(H,7,8);2*(H,2,3,4,5)/b;;2-1+;;. The number of pyridine rings is 4. The Balaban J connectivity index is 0.000000285. The Bertz CT molecular complexity index is 1480. The highest BCUT2D eigenvalue weighted by atomic mass is 35.7. The predicted molar refractivity (Wildman–Crippen MR) is 181 cm³/mol. The van der Waals surface area contributed by atoms with E-state index in [2.05, 4.69) is 78.3 Å². The average molecular weight is 854 g/mol. The van der Waals surface area contributed by atoms with Gasteiger partial charge in [-0.2, -0.15) is 0 Å². The minimum absolute atomic E-state index is 0.558. The van der Waals surface area contributed by atoms with Gasteiger partial charge in [-0.05, 0) is 59.7 Å². The molecule has 2 aliphatic rings. The van der Waals surface area contributed by atoms with Crippen LogP contribution >= 0.6 is 0 Å². The van der Waals surface area contributed by atoms with Crippen molar-refractivity contribution >= 4 is 11.9 Å². The maximum atomic E-state index is 9.55. The van der Waals surface area contributed by atoms with Crippen molar-refractivity contribution in [1.82, 2.24) is 29.7 Å². The lowest BCUT2D eigenvalue weighted by molar-refractivity contribution is -2.00. The number of hydrogen-bond acceptors (Lipinski definition) is 16. The first kappa shape index (κ1) is 49.5. The van der Waals surface area contributed by atoms with Gasteiger partial charge < -0.3 is 20.0 Å². The van der Waals surface area contributed by atoms with Crippen molar-refractivity contribution in [2.75, 3.05) is 52.4 Å². The third-order valence-corrected chi connectivity index (χ3v) is 8.21. The van der Waals surface area contributed by atoms with Crippen LogP contribution in [-0.2, 0) is 35.8 Å². The van der Waals surface area contributed by atoms with Crippen LogP contribution in [0.3, 0.4) is 0 Å². The maximum absolute atomic E-state index is 9.55. The molecule has 2 fully saturated rings. The van der Waals surface area contributed by atoms with Crippen LogP contribution in [0.15, 0.2) is 110 Å². The highest BCUT2D eigenvalue weighted by molar-refractivity contribution is 5.89. The molecule has 0 radical (unpaired) electrons. The van der Waals surface area contributed by atoms with Crippen molar-refractivity contribution in [3.63, 3.8) is 0 Å². The molecule has 22 heteroatoms. The summed E-state index contributed by atoms with van der Waals surface area (Å²) in [5, 5.41) is 15.6. The lowest BCUT2D eigenvalue weighted by Gasteiger charge is -2.32. The number of rotatable bonds is 10. The molecule has 316 valence electrons. The lowest BCUT2D eigenvalue weighted by atomic mass is 10.2. The summed E-state index contributed by atoms with van der Waals surface area (Å²) >= 11 is 0. The first-order chi connectivity index (χ1) is 27.4. The number of aromatic nitrogens is 4. The summed E-state index contributed by atoms with van der Waals surface area (Å²) in [6, 6.07) is 16.9. The molecule has 0 spiro atoms. The first-order valence-corrected chi connectivity index (χ1v) is 19.9. The van der Waals surface area contributed by atoms with Gasteiger partial charge in [0.2, 0.25) is 0 Å². The molecule has 6 heterocycles. The third-order valence-electron chi connectivity index (χ3n) is 8.21. The summed E-state index contributed by atoms with van der Waals surface area (Å²) < 4.78 is 67.9. The lowest BCUT2D eigenvalue weighted by Crippen LogP contribution is -3.13. The zero-order valence-electron chi connectivity index (χ0n) is 31.3. The normalized spacial score (nSPS) is 15.2. The van der Waals surface area contributed by atoms with Gasteiger partial charge in [-0.25, -0.2) is 46.9 Å². The second-order valence-corrected chi connectivity index (χ2v) is 14.1. The topological polar surface area (TPSA) is 326 Å². The van der Waals surface area contributed by atoms with Crippen LogP contribution in [0.2, 0.25) is 0 Å². The fourth-order valence-corrected chi connectivity index (χ4v) is 5.62. The van der Waals surface area contributed by atoms with E-state index >= 15 is 0 Å². The Morgan fingerprint density at radius 3 is 0.948 bits per heavy atom. The smallest absolute Gasteiger partial charge is 0.328 e. The minimum atomic E-state index is -4.94. The molecule has 4 N–H and O–H groups in total. The highest BCUT2D eigenvalue weighted by Crippen LogP contribution is 2.05. The SMILES string of the molecule is O=C(O)/C=C/C(=O)O.[O-][Cl+3]([O-])([O-])[O-].[O-][Cl+3]([O-])([O-])[O-].c1cc(CN2CC[NH+](Cc3ccncc3)CC2)ccn1.c1cc(CN2CC[NH+](Cc3ccncc3)CC2)ccn1. The maximum Gasteiger partial charge on any atom is 0.328 e. The molecule has 0 saturated carbocycles. The van der Waals surface area contributed by atoms with Crippen molar-refractivity contribution in [1.29, 1.82) is 0 Å². The molecule has 0 aromatic carbocycles. The number of carboxylic acids is 2. The van der Waals surface area contributed by atoms with Gasteiger partial charge in [0.1, 0.15) is 13.1 Å². The Kier molecular flexibility index (Phi) is 23.2. The number of carboxylic acid groups (broad SMARTS) is 2.